The number of amides is 1. The fourth-order valence-electron chi connectivity index (χ4n) is 2.02. The van der Waals surface area contributed by atoms with Gasteiger partial charge in [0.05, 0.1) is 7.11 Å². The van der Waals surface area contributed by atoms with E-state index >= 15 is 0 Å². The van der Waals surface area contributed by atoms with Crippen molar-refractivity contribution >= 4 is 25.6 Å². The first-order valence-corrected chi connectivity index (χ1v) is 8.54. The lowest BCUT2D eigenvalue weighted by Gasteiger charge is -2.09. The third kappa shape index (κ3) is 3.43. The van der Waals surface area contributed by atoms with Crippen molar-refractivity contribution in [3.05, 3.63) is 23.8 Å². The first kappa shape index (κ1) is 15.1. The number of rotatable bonds is 5. The predicted molar refractivity (Wildman–Crippen MR) is 75.6 cm³/mol. The minimum atomic E-state index is -3.96. The van der Waals surface area contributed by atoms with E-state index in [1.165, 1.54) is 25.3 Å². The van der Waals surface area contributed by atoms with Gasteiger partial charge in [-0.1, -0.05) is 6.92 Å². The molecule has 2 unspecified atom stereocenters. The van der Waals surface area contributed by atoms with Crippen LogP contribution in [0.4, 0.5) is 0 Å². The molecule has 0 radical (unpaired) electrons. The largest absolute Gasteiger partial charge is 0.495 e. The number of hydrogen-bond acceptors (Lipinski definition) is 4. The fourth-order valence-corrected chi connectivity index (χ4v) is 3.04. The van der Waals surface area contributed by atoms with Crippen LogP contribution in [0.15, 0.2) is 23.1 Å². The van der Waals surface area contributed by atoms with Gasteiger partial charge in [0.1, 0.15) is 10.6 Å². The summed E-state index contributed by atoms with van der Waals surface area (Å²) in [5, 5.41) is 2.79. The summed E-state index contributed by atoms with van der Waals surface area (Å²) in [5.41, 5.74) is 0.248. The summed E-state index contributed by atoms with van der Waals surface area (Å²) >= 11 is 0. The summed E-state index contributed by atoms with van der Waals surface area (Å²) < 4.78 is 27.9. The number of methoxy groups -OCH3 is 1. The van der Waals surface area contributed by atoms with Gasteiger partial charge in [-0.15, -0.1) is 0 Å². The van der Waals surface area contributed by atoms with Crippen LogP contribution in [0.3, 0.4) is 0 Å². The van der Waals surface area contributed by atoms with Crippen LogP contribution in [0.1, 0.15) is 23.7 Å². The molecule has 5 nitrogen and oxygen atoms in total. The Morgan fingerprint density at radius 2 is 2.15 bits per heavy atom. The number of carbonyl (C=O) groups is 1. The molecule has 1 amide bonds. The van der Waals surface area contributed by atoms with Crippen LogP contribution in [-0.2, 0) is 9.05 Å². The van der Waals surface area contributed by atoms with Crippen molar-refractivity contribution in [2.24, 2.45) is 11.8 Å². The molecule has 1 fully saturated rings. The maximum atomic E-state index is 12.0. The average molecular weight is 318 g/mol. The summed E-state index contributed by atoms with van der Waals surface area (Å²) in [6, 6.07) is 4.16. The van der Waals surface area contributed by atoms with Gasteiger partial charge >= 0.3 is 0 Å². The normalized spacial score (nSPS) is 21.4. The monoisotopic (exact) mass is 317 g/mol. The van der Waals surface area contributed by atoms with E-state index in [4.69, 9.17) is 15.4 Å². The van der Waals surface area contributed by atoms with E-state index in [1.807, 2.05) is 0 Å². The molecule has 0 aromatic heterocycles. The van der Waals surface area contributed by atoms with Crippen LogP contribution in [0, 0.1) is 11.8 Å². The highest BCUT2D eigenvalue weighted by Crippen LogP contribution is 2.36. The predicted octanol–water partition coefficient (Wildman–Crippen LogP) is 2.01. The quantitative estimate of drug-likeness (QED) is 0.843. The van der Waals surface area contributed by atoms with Crippen molar-refractivity contribution in [2.45, 2.75) is 18.2 Å². The molecule has 0 spiro atoms. The molecule has 1 saturated carbocycles. The smallest absolute Gasteiger partial charge is 0.265 e. The zero-order chi connectivity index (χ0) is 14.9. The number of halogens is 1. The number of benzene rings is 1. The van der Waals surface area contributed by atoms with E-state index < -0.39 is 9.05 Å². The highest BCUT2D eigenvalue weighted by atomic mass is 35.7. The van der Waals surface area contributed by atoms with Crippen molar-refractivity contribution in [1.82, 2.24) is 5.32 Å². The molecule has 0 heterocycles. The number of hydrogen-bond donors (Lipinski definition) is 1. The van der Waals surface area contributed by atoms with Gasteiger partial charge in [0.25, 0.3) is 15.0 Å². The zero-order valence-corrected chi connectivity index (χ0v) is 12.8. The zero-order valence-electron chi connectivity index (χ0n) is 11.2. The van der Waals surface area contributed by atoms with Gasteiger partial charge < -0.3 is 10.1 Å². The standard InChI is InChI=1S/C13H16ClNO4S/c1-8-5-10(8)7-15-13(16)9-3-4-11(19-2)12(6-9)20(14,17)18/h3-4,6,8,10H,5,7H2,1-2H3,(H,15,16). The number of nitrogens with one attached hydrogen (secondary N) is 1. The van der Waals surface area contributed by atoms with E-state index in [2.05, 4.69) is 12.2 Å². The topological polar surface area (TPSA) is 72.5 Å². The van der Waals surface area contributed by atoms with E-state index in [9.17, 15) is 13.2 Å². The molecular weight excluding hydrogens is 302 g/mol. The van der Waals surface area contributed by atoms with Crippen molar-refractivity contribution in [3.63, 3.8) is 0 Å². The molecule has 1 aromatic carbocycles. The third-order valence-corrected chi connectivity index (χ3v) is 4.83. The Morgan fingerprint density at radius 1 is 1.50 bits per heavy atom. The van der Waals surface area contributed by atoms with E-state index in [-0.39, 0.29) is 22.1 Å². The molecule has 20 heavy (non-hydrogen) atoms. The molecule has 7 heteroatoms. The van der Waals surface area contributed by atoms with Gasteiger partial charge in [0.15, 0.2) is 0 Å². The van der Waals surface area contributed by atoms with Crippen molar-refractivity contribution in [3.8, 4) is 5.75 Å². The molecule has 2 rings (SSSR count). The van der Waals surface area contributed by atoms with Gasteiger partial charge in [-0.25, -0.2) is 8.42 Å². The second kappa shape index (κ2) is 5.61. The van der Waals surface area contributed by atoms with Crippen LogP contribution in [0.2, 0.25) is 0 Å². The Balaban J connectivity index is 2.17. The highest BCUT2D eigenvalue weighted by molar-refractivity contribution is 8.13. The summed E-state index contributed by atoms with van der Waals surface area (Å²) in [6.45, 7) is 2.73. The number of carbonyl (C=O) groups excluding carboxylic acids is 1. The summed E-state index contributed by atoms with van der Waals surface area (Å²) in [4.78, 5) is 11.8. The van der Waals surface area contributed by atoms with Gasteiger partial charge in [0.2, 0.25) is 0 Å². The third-order valence-electron chi connectivity index (χ3n) is 3.49. The molecular formula is C13H16ClNO4S. The van der Waals surface area contributed by atoms with Crippen LogP contribution in [0.5, 0.6) is 5.75 Å². The molecule has 1 N–H and O–H groups in total. The second-order valence-electron chi connectivity index (χ2n) is 4.99. The van der Waals surface area contributed by atoms with E-state index in [0.29, 0.717) is 18.4 Å². The van der Waals surface area contributed by atoms with Crippen LogP contribution in [0.25, 0.3) is 0 Å². The Morgan fingerprint density at radius 3 is 2.65 bits per heavy atom. The second-order valence-corrected chi connectivity index (χ2v) is 7.52. The Bertz CT molecular complexity index is 629. The molecule has 2 atom stereocenters. The summed E-state index contributed by atoms with van der Waals surface area (Å²) in [7, 11) is 2.72. The minimum absolute atomic E-state index is 0.118. The molecule has 110 valence electrons. The van der Waals surface area contributed by atoms with Crippen molar-refractivity contribution < 1.29 is 17.9 Å². The van der Waals surface area contributed by atoms with Gasteiger partial charge in [-0.3, -0.25) is 4.79 Å². The van der Waals surface area contributed by atoms with E-state index in [1.54, 1.807) is 0 Å². The molecule has 1 aliphatic carbocycles. The maximum Gasteiger partial charge on any atom is 0.265 e. The van der Waals surface area contributed by atoms with Crippen LogP contribution < -0.4 is 10.1 Å². The molecule has 1 aromatic rings. The highest BCUT2D eigenvalue weighted by Gasteiger charge is 2.32. The molecule has 0 saturated heterocycles. The van der Waals surface area contributed by atoms with Crippen LogP contribution in [-0.4, -0.2) is 28.0 Å². The molecule has 1 aliphatic rings. The van der Waals surface area contributed by atoms with Crippen LogP contribution >= 0.6 is 10.7 Å². The fraction of sp³-hybridized carbons (Fsp3) is 0.462. The summed E-state index contributed by atoms with van der Waals surface area (Å²) in [5.74, 6) is 0.971. The average Bonchev–Trinajstić information content (AvgIpc) is 3.10. The minimum Gasteiger partial charge on any atom is -0.495 e. The Hall–Kier alpha value is -1.27. The van der Waals surface area contributed by atoms with Gasteiger partial charge in [-0.05, 0) is 36.5 Å². The lowest BCUT2D eigenvalue weighted by molar-refractivity contribution is 0.0951. The molecule has 0 bridgehead atoms. The van der Waals surface area contributed by atoms with Gasteiger partial charge in [0, 0.05) is 22.8 Å². The number of ether oxygens (including phenoxy) is 1. The van der Waals surface area contributed by atoms with Crippen molar-refractivity contribution in [1.29, 1.82) is 0 Å². The lowest BCUT2D eigenvalue weighted by atomic mass is 10.2. The maximum absolute atomic E-state index is 12.0. The Labute approximate surface area is 122 Å². The lowest BCUT2D eigenvalue weighted by Crippen LogP contribution is -2.26. The first-order chi connectivity index (χ1) is 9.32. The van der Waals surface area contributed by atoms with Crippen molar-refractivity contribution in [2.75, 3.05) is 13.7 Å². The first-order valence-electron chi connectivity index (χ1n) is 6.24. The SMILES string of the molecule is COc1ccc(C(=O)NCC2CC2C)cc1S(=O)(=O)Cl. The Kier molecular flexibility index (Phi) is 4.25. The van der Waals surface area contributed by atoms with E-state index in [0.717, 1.165) is 6.42 Å². The summed E-state index contributed by atoms with van der Waals surface area (Å²) in [6.07, 6.45) is 1.12. The molecule has 0 aliphatic heterocycles. The van der Waals surface area contributed by atoms with Gasteiger partial charge in [-0.2, -0.15) is 0 Å².